The smallest absolute Gasteiger partial charge is 0.341 e. The van der Waals surface area contributed by atoms with Gasteiger partial charge in [0, 0.05) is 17.2 Å². The molecule has 0 bridgehead atoms. The van der Waals surface area contributed by atoms with Gasteiger partial charge in [-0.1, -0.05) is 0 Å². The van der Waals surface area contributed by atoms with E-state index in [4.69, 9.17) is 4.74 Å². The van der Waals surface area contributed by atoms with Gasteiger partial charge < -0.3 is 19.7 Å². The average Bonchev–Trinajstić information content (AvgIpc) is 2.58. The van der Waals surface area contributed by atoms with Crippen molar-refractivity contribution in [2.45, 2.75) is 6.92 Å². The standard InChI is InChI=1S/C18H14O7/c1-7-4-9-14(16(21)12(7)18(23)25-3)17(22)13-10(15(9)20)5-8(24-2)6-11(13)19/h4-6,19,21H,1-3H3. The van der Waals surface area contributed by atoms with Crippen molar-refractivity contribution in [2.24, 2.45) is 0 Å². The summed E-state index contributed by atoms with van der Waals surface area (Å²) >= 11 is 0. The van der Waals surface area contributed by atoms with Crippen LogP contribution in [0, 0.1) is 6.92 Å². The number of hydrogen-bond donors (Lipinski definition) is 2. The van der Waals surface area contributed by atoms with Crippen LogP contribution in [0.15, 0.2) is 18.2 Å². The van der Waals surface area contributed by atoms with E-state index in [1.54, 1.807) is 0 Å². The first-order valence-corrected chi connectivity index (χ1v) is 7.27. The normalized spacial score (nSPS) is 12.4. The lowest BCUT2D eigenvalue weighted by molar-refractivity contribution is 0.0596. The lowest BCUT2D eigenvalue weighted by Gasteiger charge is -2.22. The van der Waals surface area contributed by atoms with Crippen LogP contribution in [0.3, 0.4) is 0 Å². The van der Waals surface area contributed by atoms with Gasteiger partial charge in [0.05, 0.1) is 25.3 Å². The lowest BCUT2D eigenvalue weighted by Crippen LogP contribution is -2.23. The second-order valence-electron chi connectivity index (χ2n) is 5.56. The molecule has 0 fully saturated rings. The average molecular weight is 342 g/mol. The topological polar surface area (TPSA) is 110 Å². The van der Waals surface area contributed by atoms with Gasteiger partial charge in [0.25, 0.3) is 0 Å². The van der Waals surface area contributed by atoms with Crippen molar-refractivity contribution in [2.75, 3.05) is 14.2 Å². The molecule has 7 heteroatoms. The van der Waals surface area contributed by atoms with E-state index in [1.165, 1.54) is 32.2 Å². The molecule has 128 valence electrons. The van der Waals surface area contributed by atoms with E-state index in [-0.39, 0.29) is 33.6 Å². The number of ether oxygens (including phenoxy) is 2. The Balaban J connectivity index is 2.34. The van der Waals surface area contributed by atoms with Crippen molar-refractivity contribution >= 4 is 17.5 Å². The minimum absolute atomic E-state index is 0.0287. The van der Waals surface area contributed by atoms with Crippen LogP contribution in [0.1, 0.15) is 47.8 Å². The van der Waals surface area contributed by atoms with Gasteiger partial charge in [-0.3, -0.25) is 9.59 Å². The summed E-state index contributed by atoms with van der Waals surface area (Å²) in [7, 11) is 2.50. The molecule has 2 N–H and O–H groups in total. The minimum atomic E-state index is -0.831. The Morgan fingerprint density at radius 1 is 0.960 bits per heavy atom. The number of fused-ring (bicyclic) bond motifs is 2. The highest BCUT2D eigenvalue weighted by atomic mass is 16.5. The largest absolute Gasteiger partial charge is 0.507 e. The van der Waals surface area contributed by atoms with Crippen molar-refractivity contribution in [1.29, 1.82) is 0 Å². The molecule has 2 aromatic rings. The molecule has 1 aliphatic carbocycles. The van der Waals surface area contributed by atoms with Gasteiger partial charge in [-0.25, -0.2) is 4.79 Å². The molecule has 2 aromatic carbocycles. The van der Waals surface area contributed by atoms with E-state index < -0.39 is 29.0 Å². The predicted molar refractivity (Wildman–Crippen MR) is 85.7 cm³/mol. The zero-order valence-corrected chi connectivity index (χ0v) is 13.7. The summed E-state index contributed by atoms with van der Waals surface area (Å²) < 4.78 is 9.62. The summed E-state index contributed by atoms with van der Waals surface area (Å²) in [6, 6.07) is 3.89. The number of carbonyl (C=O) groups is 3. The lowest BCUT2D eigenvalue weighted by atomic mass is 9.81. The van der Waals surface area contributed by atoms with Gasteiger partial charge in [-0.2, -0.15) is 0 Å². The molecule has 0 amide bonds. The number of ketones is 2. The van der Waals surface area contributed by atoms with E-state index in [9.17, 15) is 24.6 Å². The molecular weight excluding hydrogens is 328 g/mol. The number of esters is 1. The molecule has 3 rings (SSSR count). The fourth-order valence-electron chi connectivity index (χ4n) is 2.98. The number of phenols is 2. The molecule has 1 aliphatic rings. The zero-order valence-electron chi connectivity index (χ0n) is 13.7. The van der Waals surface area contributed by atoms with E-state index in [0.29, 0.717) is 5.56 Å². The van der Waals surface area contributed by atoms with Crippen molar-refractivity contribution in [3.05, 3.63) is 51.6 Å². The third-order valence-corrected chi connectivity index (χ3v) is 4.16. The van der Waals surface area contributed by atoms with Crippen LogP contribution in [0.2, 0.25) is 0 Å². The molecule has 0 unspecified atom stereocenters. The van der Waals surface area contributed by atoms with Crippen LogP contribution in [-0.4, -0.2) is 42.0 Å². The maximum absolute atomic E-state index is 12.8. The fourth-order valence-corrected chi connectivity index (χ4v) is 2.98. The van der Waals surface area contributed by atoms with E-state index in [2.05, 4.69) is 4.74 Å². The Morgan fingerprint density at radius 3 is 2.20 bits per heavy atom. The first-order chi connectivity index (χ1) is 11.8. The number of hydrogen-bond acceptors (Lipinski definition) is 7. The maximum Gasteiger partial charge on any atom is 0.341 e. The maximum atomic E-state index is 12.8. The molecule has 0 saturated heterocycles. The number of aromatic hydroxyl groups is 2. The summed E-state index contributed by atoms with van der Waals surface area (Å²) in [6.07, 6.45) is 0. The molecule has 0 saturated carbocycles. The summed E-state index contributed by atoms with van der Waals surface area (Å²) in [6.45, 7) is 1.52. The Kier molecular flexibility index (Phi) is 3.71. The van der Waals surface area contributed by atoms with E-state index >= 15 is 0 Å². The third kappa shape index (κ3) is 2.24. The number of benzene rings is 2. The minimum Gasteiger partial charge on any atom is -0.507 e. The molecule has 0 atom stereocenters. The highest BCUT2D eigenvalue weighted by Crippen LogP contribution is 2.41. The van der Waals surface area contributed by atoms with Gasteiger partial charge in [0.1, 0.15) is 22.8 Å². The van der Waals surface area contributed by atoms with Gasteiger partial charge in [0.2, 0.25) is 5.78 Å². The second-order valence-corrected chi connectivity index (χ2v) is 5.56. The summed E-state index contributed by atoms with van der Waals surface area (Å²) in [5, 5.41) is 20.6. The zero-order chi connectivity index (χ0) is 18.5. The van der Waals surface area contributed by atoms with Crippen LogP contribution in [-0.2, 0) is 4.74 Å². The highest BCUT2D eigenvalue weighted by molar-refractivity contribution is 6.31. The van der Waals surface area contributed by atoms with Crippen molar-refractivity contribution < 1.29 is 34.1 Å². The predicted octanol–water partition coefficient (Wildman–Crippen LogP) is 1.98. The second kappa shape index (κ2) is 5.62. The SMILES string of the molecule is COC(=O)c1c(C)cc2c(c1O)C(=O)c1c(O)cc(OC)cc1C2=O. The van der Waals surface area contributed by atoms with Crippen LogP contribution < -0.4 is 4.74 Å². The Morgan fingerprint density at radius 2 is 1.60 bits per heavy atom. The van der Waals surface area contributed by atoms with E-state index in [0.717, 1.165) is 7.11 Å². The molecule has 25 heavy (non-hydrogen) atoms. The van der Waals surface area contributed by atoms with Crippen LogP contribution in [0.25, 0.3) is 0 Å². The Hall–Kier alpha value is -3.35. The number of rotatable bonds is 2. The van der Waals surface area contributed by atoms with Gasteiger partial charge >= 0.3 is 5.97 Å². The van der Waals surface area contributed by atoms with E-state index in [1.807, 2.05) is 0 Å². The van der Waals surface area contributed by atoms with Crippen molar-refractivity contribution in [3.8, 4) is 17.2 Å². The molecule has 0 aromatic heterocycles. The van der Waals surface area contributed by atoms with Crippen molar-refractivity contribution in [3.63, 3.8) is 0 Å². The van der Waals surface area contributed by atoms with Crippen molar-refractivity contribution in [1.82, 2.24) is 0 Å². The Labute approximate surface area is 142 Å². The van der Waals surface area contributed by atoms with Crippen LogP contribution >= 0.6 is 0 Å². The molecule has 0 aliphatic heterocycles. The monoisotopic (exact) mass is 342 g/mol. The van der Waals surface area contributed by atoms with Crippen LogP contribution in [0.4, 0.5) is 0 Å². The number of aryl methyl sites for hydroxylation is 1. The fraction of sp³-hybridized carbons (Fsp3) is 0.167. The first kappa shape index (κ1) is 16.5. The highest BCUT2D eigenvalue weighted by Gasteiger charge is 2.37. The molecule has 7 nitrogen and oxygen atoms in total. The number of phenolic OH excluding ortho intramolecular Hbond substituents is 2. The molecule has 0 heterocycles. The Bertz CT molecular complexity index is 957. The first-order valence-electron chi connectivity index (χ1n) is 7.27. The van der Waals surface area contributed by atoms with Crippen LogP contribution in [0.5, 0.6) is 17.2 Å². The van der Waals surface area contributed by atoms with Gasteiger partial charge in [0.15, 0.2) is 5.78 Å². The molecular formula is C18H14O7. The third-order valence-electron chi connectivity index (χ3n) is 4.16. The number of carbonyl (C=O) groups excluding carboxylic acids is 3. The summed E-state index contributed by atoms with van der Waals surface area (Å²) in [5.74, 6) is -3.02. The molecule has 0 radical (unpaired) electrons. The van der Waals surface area contributed by atoms with Gasteiger partial charge in [-0.05, 0) is 24.6 Å². The summed E-state index contributed by atoms with van der Waals surface area (Å²) in [4.78, 5) is 37.5. The molecule has 0 spiro atoms. The number of methoxy groups -OCH3 is 2. The summed E-state index contributed by atoms with van der Waals surface area (Å²) in [5.41, 5.74) is -0.553. The quantitative estimate of drug-likeness (QED) is 0.685. The van der Waals surface area contributed by atoms with Gasteiger partial charge in [-0.15, -0.1) is 0 Å².